The second-order valence-electron chi connectivity index (χ2n) is 4.05. The number of methoxy groups -OCH3 is 1. The van der Waals surface area contributed by atoms with Crippen LogP contribution in [-0.4, -0.2) is 18.1 Å². The second-order valence-corrected chi connectivity index (χ2v) is 5.37. The highest BCUT2D eigenvalue weighted by molar-refractivity contribution is 9.10. The van der Waals surface area contributed by atoms with E-state index >= 15 is 0 Å². The number of hydrogen-bond donors (Lipinski definition) is 1. The lowest BCUT2D eigenvalue weighted by Crippen LogP contribution is -2.05. The number of esters is 1. The summed E-state index contributed by atoms with van der Waals surface area (Å²) < 4.78 is 5.60. The summed E-state index contributed by atoms with van der Waals surface area (Å²) >= 11 is 9.33. The maximum Gasteiger partial charge on any atom is 0.339 e. The Morgan fingerprint density at radius 2 is 2.20 bits per heavy atom. The number of anilines is 1. The van der Waals surface area contributed by atoms with Gasteiger partial charge in [-0.2, -0.15) is 0 Å². The summed E-state index contributed by atoms with van der Waals surface area (Å²) in [5.74, 6) is -0.456. The van der Waals surface area contributed by atoms with Gasteiger partial charge in [-0.15, -0.1) is 0 Å². The predicted molar refractivity (Wildman–Crippen MR) is 82.1 cm³/mol. The Labute approximate surface area is 130 Å². The van der Waals surface area contributed by atoms with Crippen molar-refractivity contribution < 1.29 is 9.53 Å². The van der Waals surface area contributed by atoms with E-state index in [4.69, 9.17) is 11.6 Å². The van der Waals surface area contributed by atoms with Gasteiger partial charge in [0.25, 0.3) is 0 Å². The van der Waals surface area contributed by atoms with Crippen LogP contribution >= 0.6 is 27.5 Å². The van der Waals surface area contributed by atoms with Gasteiger partial charge in [-0.05, 0) is 45.8 Å². The molecule has 0 atom stereocenters. The van der Waals surface area contributed by atoms with E-state index in [1.165, 1.54) is 7.11 Å². The molecule has 0 radical (unpaired) electrons. The number of rotatable bonds is 4. The number of carbonyl (C=O) groups excluding carboxylic acids is 1. The van der Waals surface area contributed by atoms with E-state index in [9.17, 15) is 4.79 Å². The van der Waals surface area contributed by atoms with Gasteiger partial charge in [0.05, 0.1) is 17.7 Å². The van der Waals surface area contributed by atoms with Gasteiger partial charge in [-0.25, -0.2) is 4.79 Å². The van der Waals surface area contributed by atoms with Crippen molar-refractivity contribution in [2.75, 3.05) is 12.4 Å². The summed E-state index contributed by atoms with van der Waals surface area (Å²) in [7, 11) is 1.33. The van der Waals surface area contributed by atoms with E-state index in [0.717, 1.165) is 15.7 Å². The molecule has 104 valence electrons. The first kappa shape index (κ1) is 14.8. The summed E-state index contributed by atoms with van der Waals surface area (Å²) in [6.45, 7) is 0.592. The molecule has 0 fully saturated rings. The Morgan fingerprint density at radius 3 is 2.90 bits per heavy atom. The summed E-state index contributed by atoms with van der Waals surface area (Å²) in [6, 6.07) is 7.10. The van der Waals surface area contributed by atoms with Crippen LogP contribution in [0.1, 0.15) is 15.9 Å². The fourth-order valence-corrected chi connectivity index (χ4v) is 2.27. The lowest BCUT2D eigenvalue weighted by molar-refractivity contribution is 0.0601. The molecule has 0 aliphatic heterocycles. The molecule has 20 heavy (non-hydrogen) atoms. The highest BCUT2D eigenvalue weighted by Gasteiger charge is 2.11. The number of pyridine rings is 1. The van der Waals surface area contributed by atoms with Crippen LogP contribution in [0.4, 0.5) is 5.69 Å². The molecular weight excluding hydrogens is 344 g/mol. The average Bonchev–Trinajstić information content (AvgIpc) is 2.45. The molecule has 2 aromatic rings. The fraction of sp³-hybridized carbons (Fsp3) is 0.143. The molecule has 0 aliphatic rings. The smallest absolute Gasteiger partial charge is 0.339 e. The molecule has 0 spiro atoms. The van der Waals surface area contributed by atoms with Crippen LogP contribution in [0.5, 0.6) is 0 Å². The monoisotopic (exact) mass is 354 g/mol. The molecule has 1 N–H and O–H groups in total. The minimum absolute atomic E-state index is 0.339. The third-order valence-electron chi connectivity index (χ3n) is 2.63. The molecule has 1 aromatic heterocycles. The predicted octanol–water partition coefficient (Wildman–Crippen LogP) is 3.90. The van der Waals surface area contributed by atoms with Gasteiger partial charge in [-0.1, -0.05) is 11.6 Å². The molecule has 1 aromatic carbocycles. The van der Waals surface area contributed by atoms with Crippen LogP contribution in [0.2, 0.25) is 5.02 Å². The van der Waals surface area contributed by atoms with Gasteiger partial charge in [0.2, 0.25) is 0 Å². The summed E-state index contributed by atoms with van der Waals surface area (Å²) in [5, 5.41) is 3.57. The van der Waals surface area contributed by atoms with Gasteiger partial charge in [0.1, 0.15) is 0 Å². The first-order valence-corrected chi connectivity index (χ1v) is 6.98. The van der Waals surface area contributed by atoms with Crippen molar-refractivity contribution in [3.05, 3.63) is 57.3 Å². The van der Waals surface area contributed by atoms with Crippen LogP contribution in [0.25, 0.3) is 0 Å². The van der Waals surface area contributed by atoms with Crippen molar-refractivity contribution in [2.45, 2.75) is 6.54 Å². The molecule has 4 nitrogen and oxygen atoms in total. The van der Waals surface area contributed by atoms with Crippen molar-refractivity contribution in [1.29, 1.82) is 0 Å². The number of carbonyl (C=O) groups is 1. The second kappa shape index (κ2) is 6.72. The third kappa shape index (κ3) is 3.71. The van der Waals surface area contributed by atoms with Crippen LogP contribution in [0, 0.1) is 0 Å². The van der Waals surface area contributed by atoms with E-state index in [2.05, 4.69) is 31.0 Å². The maximum absolute atomic E-state index is 11.6. The summed E-state index contributed by atoms with van der Waals surface area (Å²) in [5.41, 5.74) is 2.15. The highest BCUT2D eigenvalue weighted by atomic mass is 79.9. The van der Waals surface area contributed by atoms with Crippen LogP contribution in [-0.2, 0) is 11.3 Å². The van der Waals surface area contributed by atoms with E-state index < -0.39 is 5.97 Å². The van der Waals surface area contributed by atoms with Gasteiger partial charge >= 0.3 is 5.97 Å². The van der Waals surface area contributed by atoms with E-state index in [-0.39, 0.29) is 0 Å². The molecule has 2 rings (SSSR count). The first-order valence-electron chi connectivity index (χ1n) is 5.81. The molecule has 0 bridgehead atoms. The fourth-order valence-electron chi connectivity index (χ4n) is 1.66. The van der Waals surface area contributed by atoms with Crippen LogP contribution in [0.3, 0.4) is 0 Å². The van der Waals surface area contributed by atoms with Gasteiger partial charge in [0, 0.05) is 29.1 Å². The number of benzene rings is 1. The molecule has 1 heterocycles. The van der Waals surface area contributed by atoms with Crippen molar-refractivity contribution in [3.8, 4) is 0 Å². The van der Waals surface area contributed by atoms with Gasteiger partial charge < -0.3 is 10.1 Å². The Kier molecular flexibility index (Phi) is 4.98. The minimum atomic E-state index is -0.456. The molecule has 0 unspecified atom stereocenters. The molecule has 0 saturated heterocycles. The average molecular weight is 356 g/mol. The Hall–Kier alpha value is -1.59. The number of ether oxygens (including phenoxy) is 1. The zero-order valence-corrected chi connectivity index (χ0v) is 13.0. The Bertz CT molecular complexity index is 634. The molecule has 0 saturated carbocycles. The zero-order valence-electron chi connectivity index (χ0n) is 10.7. The number of nitrogens with zero attached hydrogens (tertiary/aromatic N) is 1. The van der Waals surface area contributed by atoms with E-state index in [0.29, 0.717) is 17.1 Å². The third-order valence-corrected chi connectivity index (χ3v) is 3.39. The molecule has 0 aliphatic carbocycles. The largest absolute Gasteiger partial charge is 0.465 e. The van der Waals surface area contributed by atoms with Crippen molar-refractivity contribution in [3.63, 3.8) is 0 Å². The summed E-state index contributed by atoms with van der Waals surface area (Å²) in [4.78, 5) is 15.6. The molecule has 6 heteroatoms. The summed E-state index contributed by atoms with van der Waals surface area (Å²) in [6.07, 6.45) is 3.50. The quantitative estimate of drug-likeness (QED) is 0.845. The minimum Gasteiger partial charge on any atom is -0.465 e. The van der Waals surface area contributed by atoms with Crippen molar-refractivity contribution >= 4 is 39.2 Å². The topological polar surface area (TPSA) is 51.2 Å². The van der Waals surface area contributed by atoms with Gasteiger partial charge in [-0.3, -0.25) is 4.98 Å². The van der Waals surface area contributed by atoms with Crippen molar-refractivity contribution in [1.82, 2.24) is 4.98 Å². The van der Waals surface area contributed by atoms with E-state index in [1.807, 2.05) is 6.07 Å². The molecular formula is C14H12BrClN2O2. The number of halogens is 2. The lowest BCUT2D eigenvalue weighted by atomic mass is 10.2. The Morgan fingerprint density at radius 1 is 1.40 bits per heavy atom. The normalized spacial score (nSPS) is 10.2. The van der Waals surface area contributed by atoms with Crippen molar-refractivity contribution in [2.24, 2.45) is 0 Å². The van der Waals surface area contributed by atoms with Gasteiger partial charge in [0.15, 0.2) is 0 Å². The standard InChI is InChI=1S/C14H12BrClN2O2/c1-20-14(19)12-5-11(2-3-13(12)16)18-7-9-4-10(15)8-17-6-9/h2-6,8,18H,7H2,1H3. The Balaban J connectivity index is 2.12. The number of aromatic nitrogens is 1. The first-order chi connectivity index (χ1) is 9.60. The number of hydrogen-bond acceptors (Lipinski definition) is 4. The van der Waals surface area contributed by atoms with Crippen LogP contribution in [0.15, 0.2) is 41.1 Å². The number of nitrogens with one attached hydrogen (secondary N) is 1. The van der Waals surface area contributed by atoms with Crippen LogP contribution < -0.4 is 5.32 Å². The highest BCUT2D eigenvalue weighted by Crippen LogP contribution is 2.22. The lowest BCUT2D eigenvalue weighted by Gasteiger charge is -2.09. The SMILES string of the molecule is COC(=O)c1cc(NCc2cncc(Br)c2)ccc1Cl. The maximum atomic E-state index is 11.6. The molecule has 0 amide bonds. The van der Waals surface area contributed by atoms with E-state index in [1.54, 1.807) is 30.6 Å². The zero-order chi connectivity index (χ0) is 14.5.